The Hall–Kier alpha value is -3.96. The summed E-state index contributed by atoms with van der Waals surface area (Å²) in [6, 6.07) is 2.34. The fraction of sp³-hybridized carbons (Fsp3) is 0.533. The normalized spacial score (nSPS) is 15.0. The summed E-state index contributed by atoms with van der Waals surface area (Å²) in [4.78, 5) is 19.8. The Morgan fingerprint density at radius 3 is 2.33 bits per heavy atom. The Morgan fingerprint density at radius 2 is 1.67 bits per heavy atom. The summed E-state index contributed by atoms with van der Waals surface area (Å²) in [6.45, 7) is 10.2. The summed E-state index contributed by atoms with van der Waals surface area (Å²) in [6.07, 6.45) is 8.76. The van der Waals surface area contributed by atoms with Crippen LogP contribution in [0.1, 0.15) is 77.5 Å². The molecule has 10 nitrogen and oxygen atoms in total. The zero-order valence-corrected chi connectivity index (χ0v) is 24.5. The summed E-state index contributed by atoms with van der Waals surface area (Å²) < 4.78 is 45.7. The van der Waals surface area contributed by atoms with Crippen LogP contribution in [-0.4, -0.2) is 49.9 Å². The molecule has 4 aromatic rings. The van der Waals surface area contributed by atoms with Crippen molar-refractivity contribution < 1.29 is 22.6 Å². The Kier molecular flexibility index (Phi) is 9.38. The van der Waals surface area contributed by atoms with Gasteiger partial charge in [-0.2, -0.15) is 9.97 Å². The van der Waals surface area contributed by atoms with Gasteiger partial charge in [0, 0.05) is 50.0 Å². The van der Waals surface area contributed by atoms with Gasteiger partial charge in [0.05, 0.1) is 17.7 Å². The molecule has 0 radical (unpaired) electrons. The van der Waals surface area contributed by atoms with Gasteiger partial charge < -0.3 is 18.7 Å². The van der Waals surface area contributed by atoms with Crippen molar-refractivity contribution in [1.29, 1.82) is 0 Å². The molecule has 224 valence electrons. The molecule has 0 aliphatic carbocycles. The Balaban J connectivity index is 1.06. The fourth-order valence-electron chi connectivity index (χ4n) is 4.95. The molecule has 1 saturated heterocycles. The largest absolute Gasteiger partial charge is 0.493 e. The molecule has 0 amide bonds. The van der Waals surface area contributed by atoms with Crippen molar-refractivity contribution in [3.8, 4) is 28.5 Å². The molecule has 3 aromatic heterocycles. The number of ether oxygens (including phenoxy) is 1. The molecule has 1 aromatic carbocycles. The van der Waals surface area contributed by atoms with E-state index in [2.05, 4.69) is 49.0 Å². The summed E-state index contributed by atoms with van der Waals surface area (Å²) >= 11 is 0. The van der Waals surface area contributed by atoms with E-state index in [1.54, 1.807) is 12.4 Å². The predicted molar refractivity (Wildman–Crippen MR) is 152 cm³/mol. The molecule has 0 spiro atoms. The Bertz CT molecular complexity index is 1430. The molecule has 1 atom stereocenters. The van der Waals surface area contributed by atoms with Gasteiger partial charge in [0.15, 0.2) is 0 Å². The van der Waals surface area contributed by atoms with Crippen molar-refractivity contribution in [2.45, 2.75) is 72.1 Å². The van der Waals surface area contributed by atoms with E-state index in [-0.39, 0.29) is 23.1 Å². The van der Waals surface area contributed by atoms with Crippen LogP contribution >= 0.6 is 0 Å². The van der Waals surface area contributed by atoms with Gasteiger partial charge in [0.25, 0.3) is 0 Å². The van der Waals surface area contributed by atoms with Crippen molar-refractivity contribution in [1.82, 2.24) is 30.2 Å². The van der Waals surface area contributed by atoms with Crippen LogP contribution in [0.3, 0.4) is 0 Å². The SMILES string of the molecule is CCC(C)c1nc(-c2c(F)cc(OCCCC3CCN(c4ncc(-c5noc(CC(C)C)n5)cn4)CC3)cc2F)no1. The fourth-order valence-corrected chi connectivity index (χ4v) is 4.95. The first kappa shape index (κ1) is 29.5. The molecule has 12 heteroatoms. The number of piperidine rings is 1. The van der Waals surface area contributed by atoms with Crippen LogP contribution in [0.5, 0.6) is 5.75 Å². The second-order valence-corrected chi connectivity index (χ2v) is 11.3. The highest BCUT2D eigenvalue weighted by Crippen LogP contribution is 2.30. The number of hydrogen-bond acceptors (Lipinski definition) is 10. The second-order valence-electron chi connectivity index (χ2n) is 11.3. The lowest BCUT2D eigenvalue weighted by Gasteiger charge is -2.32. The lowest BCUT2D eigenvalue weighted by Crippen LogP contribution is -2.34. The number of hydrogen-bond donors (Lipinski definition) is 0. The van der Waals surface area contributed by atoms with Gasteiger partial charge in [-0.25, -0.2) is 18.7 Å². The maximum Gasteiger partial charge on any atom is 0.229 e. The van der Waals surface area contributed by atoms with E-state index < -0.39 is 11.6 Å². The molecule has 5 rings (SSSR count). The molecule has 1 aliphatic rings. The van der Waals surface area contributed by atoms with Crippen LogP contribution in [0.2, 0.25) is 0 Å². The monoisotopic (exact) mass is 581 g/mol. The predicted octanol–water partition coefficient (Wildman–Crippen LogP) is 6.64. The molecule has 4 heterocycles. The van der Waals surface area contributed by atoms with Crippen LogP contribution in [0.25, 0.3) is 22.8 Å². The van der Waals surface area contributed by atoms with Crippen molar-refractivity contribution in [2.24, 2.45) is 11.8 Å². The molecular formula is C30H37F2N7O3. The number of rotatable bonds is 12. The minimum absolute atomic E-state index is 0.0130. The first-order valence-corrected chi connectivity index (χ1v) is 14.7. The lowest BCUT2D eigenvalue weighted by atomic mass is 9.92. The Labute approximate surface area is 243 Å². The lowest BCUT2D eigenvalue weighted by molar-refractivity contribution is 0.277. The topological polar surface area (TPSA) is 116 Å². The third kappa shape index (κ3) is 7.08. The van der Waals surface area contributed by atoms with Crippen molar-refractivity contribution in [3.63, 3.8) is 0 Å². The van der Waals surface area contributed by atoms with Crippen LogP contribution < -0.4 is 9.64 Å². The van der Waals surface area contributed by atoms with Crippen molar-refractivity contribution in [2.75, 3.05) is 24.6 Å². The van der Waals surface area contributed by atoms with Gasteiger partial charge in [-0.15, -0.1) is 0 Å². The van der Waals surface area contributed by atoms with Crippen molar-refractivity contribution >= 4 is 5.95 Å². The Morgan fingerprint density at radius 1 is 0.976 bits per heavy atom. The molecule has 0 saturated carbocycles. The first-order chi connectivity index (χ1) is 20.3. The standard InChI is InChI=1S/C30H37F2N7O3/c1-5-19(4)29-36-28(38-42-29)26-23(31)14-22(15-24(26)32)40-12-6-7-20-8-10-39(11-9-20)30-33-16-21(17-34-30)27-35-25(41-37-27)13-18(2)3/h14-20H,5-13H2,1-4H3. The highest BCUT2D eigenvalue weighted by Gasteiger charge is 2.23. The number of anilines is 1. The zero-order chi connectivity index (χ0) is 29.6. The highest BCUT2D eigenvalue weighted by atomic mass is 19.1. The maximum atomic E-state index is 14.7. The van der Waals surface area contributed by atoms with E-state index >= 15 is 0 Å². The smallest absolute Gasteiger partial charge is 0.229 e. The number of benzene rings is 1. The van der Waals surface area contributed by atoms with E-state index in [1.165, 1.54) is 12.1 Å². The van der Waals surface area contributed by atoms with Crippen LogP contribution in [0, 0.1) is 23.5 Å². The van der Waals surface area contributed by atoms with Crippen molar-refractivity contribution in [3.05, 3.63) is 47.9 Å². The van der Waals surface area contributed by atoms with E-state index in [1.807, 2.05) is 13.8 Å². The summed E-state index contributed by atoms with van der Waals surface area (Å²) in [7, 11) is 0. The molecule has 1 unspecified atom stereocenters. The number of nitrogens with zero attached hydrogens (tertiary/aromatic N) is 7. The second kappa shape index (κ2) is 13.3. The maximum absolute atomic E-state index is 14.7. The molecule has 1 fully saturated rings. The van der Waals surface area contributed by atoms with Gasteiger partial charge in [-0.05, 0) is 43.9 Å². The third-order valence-electron chi connectivity index (χ3n) is 7.59. The molecule has 42 heavy (non-hydrogen) atoms. The minimum atomic E-state index is -0.780. The molecular weight excluding hydrogens is 544 g/mol. The number of halogens is 2. The van der Waals surface area contributed by atoms with E-state index in [0.717, 1.165) is 57.2 Å². The number of aromatic nitrogens is 6. The van der Waals surface area contributed by atoms with Gasteiger partial charge in [-0.3, -0.25) is 0 Å². The van der Waals surface area contributed by atoms with Crippen LogP contribution in [0.4, 0.5) is 14.7 Å². The van der Waals surface area contributed by atoms with E-state index in [9.17, 15) is 8.78 Å². The molecule has 1 aliphatic heterocycles. The quantitative estimate of drug-likeness (QED) is 0.169. The van der Waals surface area contributed by atoms with E-state index in [4.69, 9.17) is 13.8 Å². The highest BCUT2D eigenvalue weighted by molar-refractivity contribution is 5.58. The van der Waals surface area contributed by atoms with Crippen LogP contribution in [0.15, 0.2) is 33.6 Å². The first-order valence-electron chi connectivity index (χ1n) is 14.7. The van der Waals surface area contributed by atoms with Gasteiger partial charge >= 0.3 is 0 Å². The van der Waals surface area contributed by atoms with Crippen LogP contribution in [-0.2, 0) is 6.42 Å². The van der Waals surface area contributed by atoms with Gasteiger partial charge in [-0.1, -0.05) is 38.0 Å². The average molecular weight is 582 g/mol. The third-order valence-corrected chi connectivity index (χ3v) is 7.59. The summed E-state index contributed by atoms with van der Waals surface area (Å²) in [5.74, 6) is 1.65. The summed E-state index contributed by atoms with van der Waals surface area (Å²) in [5.41, 5.74) is 0.420. The molecule has 0 bridgehead atoms. The average Bonchev–Trinajstić information content (AvgIpc) is 3.65. The van der Waals surface area contributed by atoms with E-state index in [0.29, 0.717) is 42.0 Å². The van der Waals surface area contributed by atoms with Gasteiger partial charge in [0.1, 0.15) is 17.4 Å². The molecule has 0 N–H and O–H groups in total. The zero-order valence-electron chi connectivity index (χ0n) is 24.5. The van der Waals surface area contributed by atoms with Gasteiger partial charge in [0.2, 0.25) is 29.4 Å². The minimum Gasteiger partial charge on any atom is -0.493 e. The summed E-state index contributed by atoms with van der Waals surface area (Å²) in [5, 5.41) is 7.80.